The standard InChI is InChI=1S/C19H18ClN3O.C18H16Cl2N4O.C18H15Cl2N3O.C18H17ClN4O.C17H14ClN3O.C16H11Cl2N3O/c1-3-4-5-18(24)23-17-9-13(6-7-16(17)20)14-8-15-12(2)10-21-19(15)22-11-14;1-24(2)6-5-17(25)23-16-8-11(3-4-14(16)19)12-7-13-15(20)10-22-18(13)21-9-12;1-2-3-4-17(24)23-16-8-11(5-6-14(16)19)12-7-13-15(20)10-22-18(13)21-9-12;1-23(2)7-6-17(24)22-14-5-3-4-12(8-14)13-9-15-16(19)11-21-18(15)20-10-13;1-3-16(22)21-15-7-11(4-5-14(15)18)12-6-13-10(2)8-19-17(13)20-9-12;1-2-15(22)21-14-6-9(3-4-12(14)17)10-5-11-13(18)8-20-16(11)19-7-10/h4-11H,3H2,1-2H3,(H,21,22)(H,23,24);3-10H,1-2H3,(H,21,22)(H,23,25);3-10H,2H2,1H3,(H,21,22)(H,23,24);3-11H,1-2H3,(H,20,21)(H,22,24);3-9H,1H2,2H3,(H,19,20)(H,21,22);2-8H,1H2,(H,19,20)(H,21,22)/b5-4+;6-5+;4-3+;7-6+;;. The van der Waals surface area contributed by atoms with E-state index in [4.69, 9.17) is 104 Å². The Morgan fingerprint density at radius 2 is 0.532 bits per heavy atom. The maximum absolute atomic E-state index is 12.0. The van der Waals surface area contributed by atoms with Crippen LogP contribution in [0.3, 0.4) is 0 Å². The predicted molar refractivity (Wildman–Crippen MR) is 580 cm³/mol. The second kappa shape index (κ2) is 48.5. The smallest absolute Gasteiger partial charge is 0.249 e. The number of pyridine rings is 6. The van der Waals surface area contributed by atoms with Gasteiger partial charge in [0.15, 0.2) is 0 Å². The summed E-state index contributed by atoms with van der Waals surface area (Å²) in [6.45, 7) is 14.9. The number of aromatic amines is 6. The molecule has 0 spiro atoms. The van der Waals surface area contributed by atoms with Gasteiger partial charge in [-0.1, -0.05) is 186 Å². The number of carbonyl (C=O) groups is 6. The van der Waals surface area contributed by atoms with Crippen LogP contribution in [-0.4, -0.2) is 133 Å². The van der Waals surface area contributed by atoms with Crippen LogP contribution in [0.4, 0.5) is 34.1 Å². The largest absolute Gasteiger partial charge is 0.383 e. The molecular weight excluding hydrogens is 1970 g/mol. The average Bonchev–Trinajstić information content (AvgIpc) is 1.75. The van der Waals surface area contributed by atoms with Gasteiger partial charge in [0.2, 0.25) is 35.4 Å². The lowest BCUT2D eigenvalue weighted by Gasteiger charge is -2.09. The van der Waals surface area contributed by atoms with E-state index in [0.29, 0.717) is 73.6 Å². The number of amides is 6. The number of allylic oxidation sites excluding steroid dienone is 2. The number of halogens is 9. The number of aryl methyl sites for hydroxylation is 2. The fourth-order valence-corrected chi connectivity index (χ4v) is 15.5. The molecule has 0 aliphatic carbocycles. The molecule has 35 heteroatoms. The highest BCUT2D eigenvalue weighted by atomic mass is 35.5. The zero-order valence-electron chi connectivity index (χ0n) is 76.9. The second-order valence-electron chi connectivity index (χ2n) is 31.8. The van der Waals surface area contributed by atoms with E-state index in [0.717, 1.165) is 163 Å². The summed E-state index contributed by atoms with van der Waals surface area (Å²) in [5, 5.41) is 27.0. The third kappa shape index (κ3) is 27.5. The molecule has 18 aromatic rings. The number of nitrogens with one attached hydrogen (secondary N) is 12. The molecule has 0 aliphatic rings. The highest BCUT2D eigenvalue weighted by molar-refractivity contribution is 6.39. The molecule has 141 heavy (non-hydrogen) atoms. The first-order chi connectivity index (χ1) is 67.8. The van der Waals surface area contributed by atoms with E-state index in [-0.39, 0.29) is 35.4 Å². The van der Waals surface area contributed by atoms with Crippen LogP contribution in [0.5, 0.6) is 0 Å². The minimum absolute atomic E-state index is 0.178. The van der Waals surface area contributed by atoms with Crippen molar-refractivity contribution in [3.8, 4) is 66.8 Å². The van der Waals surface area contributed by atoms with Crippen molar-refractivity contribution < 1.29 is 28.8 Å². The number of fused-ring (bicyclic) bond motifs is 6. The van der Waals surface area contributed by atoms with Crippen molar-refractivity contribution in [2.24, 2.45) is 0 Å². The van der Waals surface area contributed by atoms with Gasteiger partial charge in [-0.2, -0.15) is 0 Å². The van der Waals surface area contributed by atoms with Gasteiger partial charge in [-0.25, -0.2) is 29.9 Å². The molecule has 714 valence electrons. The molecule has 0 fully saturated rings. The molecule has 0 bridgehead atoms. The van der Waals surface area contributed by atoms with Crippen molar-refractivity contribution in [3.05, 3.63) is 357 Å². The van der Waals surface area contributed by atoms with E-state index >= 15 is 0 Å². The van der Waals surface area contributed by atoms with Gasteiger partial charge < -0.3 is 71.6 Å². The molecule has 18 rings (SSSR count). The van der Waals surface area contributed by atoms with Gasteiger partial charge >= 0.3 is 0 Å². The molecule has 6 amide bonds. The molecule has 0 unspecified atom stereocenters. The van der Waals surface area contributed by atoms with Crippen molar-refractivity contribution in [3.63, 3.8) is 0 Å². The Labute approximate surface area is 855 Å². The molecule has 12 heterocycles. The zero-order chi connectivity index (χ0) is 101. The molecule has 12 N–H and O–H groups in total. The minimum Gasteiger partial charge on any atom is -0.383 e. The summed E-state index contributed by atoms with van der Waals surface area (Å²) in [5.74, 6) is -1.45. The van der Waals surface area contributed by atoms with E-state index in [1.165, 1.54) is 36.5 Å². The van der Waals surface area contributed by atoms with Gasteiger partial charge in [0.1, 0.15) is 33.9 Å². The van der Waals surface area contributed by atoms with Crippen LogP contribution in [0.2, 0.25) is 45.2 Å². The lowest BCUT2D eigenvalue weighted by molar-refractivity contribution is -0.112. The van der Waals surface area contributed by atoms with Crippen LogP contribution in [0.25, 0.3) is 133 Å². The van der Waals surface area contributed by atoms with Crippen molar-refractivity contribution in [1.29, 1.82) is 0 Å². The van der Waals surface area contributed by atoms with Crippen LogP contribution in [0.1, 0.15) is 37.8 Å². The average molecular weight is 2060 g/mol. The molecule has 26 nitrogen and oxygen atoms in total. The number of rotatable bonds is 22. The molecule has 0 saturated heterocycles. The van der Waals surface area contributed by atoms with Crippen LogP contribution < -0.4 is 31.9 Å². The summed E-state index contributed by atoms with van der Waals surface area (Å²) in [6.07, 6.45) is 38.2. The lowest BCUT2D eigenvalue weighted by Crippen LogP contribution is -2.10. The Bertz CT molecular complexity index is 7560. The third-order valence-electron chi connectivity index (χ3n) is 21.1. The fourth-order valence-electron chi connectivity index (χ4n) is 13.8. The van der Waals surface area contributed by atoms with Crippen molar-refractivity contribution in [2.75, 3.05) is 60.1 Å². The molecule has 0 aliphatic heterocycles. The Hall–Kier alpha value is -15.1. The number of hydrogen-bond acceptors (Lipinski definition) is 14. The predicted octanol–water partition coefficient (Wildman–Crippen LogP) is 28.0. The number of carbonyl (C=O) groups excluding carboxylic acids is 6. The molecule has 0 atom stereocenters. The van der Waals surface area contributed by atoms with E-state index in [1.54, 1.807) is 127 Å². The SMILES string of the molecule is C=CC(=O)Nc1cc(-c2cnc3[nH]cc(C)c3c2)ccc1Cl.C=CC(=O)Nc1cc(-c2cnc3[nH]cc(Cl)c3c2)ccc1Cl.CC/C=C/C(=O)Nc1cc(-c2cnc3[nH]cc(C)c3c2)ccc1Cl.CC/C=C/C(=O)Nc1cc(-c2cnc3[nH]cc(Cl)c3c2)ccc1Cl.CN(C)/C=C/C(=O)Nc1cc(-c2cnc3[nH]cc(Cl)c3c2)ccc1Cl.CN(C)/C=C/C(=O)Nc1cccc(-c2cnc3[nH]cc(Cl)c3c2)c1. The van der Waals surface area contributed by atoms with Crippen LogP contribution in [-0.2, 0) is 28.8 Å². The molecule has 0 saturated carbocycles. The van der Waals surface area contributed by atoms with E-state index in [2.05, 4.69) is 117 Å². The van der Waals surface area contributed by atoms with Crippen LogP contribution >= 0.6 is 104 Å². The quantitative estimate of drug-likeness (QED) is 0.0281. The summed E-state index contributed by atoms with van der Waals surface area (Å²) < 4.78 is 0. The monoisotopic (exact) mass is 2050 g/mol. The molecule has 6 aromatic carbocycles. The van der Waals surface area contributed by atoms with Crippen LogP contribution in [0, 0.1) is 13.8 Å². The first-order valence-electron chi connectivity index (χ1n) is 43.4. The van der Waals surface area contributed by atoms with Gasteiger partial charge in [-0.3, -0.25) is 28.8 Å². The molecule has 0 radical (unpaired) electrons. The summed E-state index contributed by atoms with van der Waals surface area (Å²) in [7, 11) is 7.40. The summed E-state index contributed by atoms with van der Waals surface area (Å²) in [4.78, 5) is 119. The summed E-state index contributed by atoms with van der Waals surface area (Å²) >= 11 is 55.4. The van der Waals surface area contributed by atoms with Gasteiger partial charge in [-0.15, -0.1) is 0 Å². The van der Waals surface area contributed by atoms with Crippen molar-refractivity contribution in [1.82, 2.24) is 69.6 Å². The molecular formula is C106H91Cl9N20O6. The number of benzene rings is 6. The first-order valence-corrected chi connectivity index (χ1v) is 46.8. The second-order valence-corrected chi connectivity index (χ2v) is 35.5. The fraction of sp³-hybridized carbons (Fsp3) is 0.0943. The van der Waals surface area contributed by atoms with Gasteiger partial charge in [0.05, 0.1) is 73.6 Å². The maximum Gasteiger partial charge on any atom is 0.249 e. The topological polar surface area (TPSA) is 353 Å². The normalized spacial score (nSPS) is 11.0. The highest BCUT2D eigenvalue weighted by Crippen LogP contribution is 2.39. The van der Waals surface area contributed by atoms with Crippen molar-refractivity contribution >= 4 is 240 Å². The third-order valence-corrected chi connectivity index (χ3v) is 24.0. The van der Waals surface area contributed by atoms with Gasteiger partial charge in [0, 0.05) is 198 Å². The number of hydrogen-bond donors (Lipinski definition) is 12. The molecule has 12 aromatic heterocycles. The lowest BCUT2D eigenvalue weighted by atomic mass is 10.1. The summed E-state index contributed by atoms with van der Waals surface area (Å²) in [6, 6.07) is 46.9. The number of H-pyrrole nitrogens is 6. The Morgan fingerprint density at radius 1 is 0.291 bits per heavy atom. The first kappa shape index (κ1) is 103. The van der Waals surface area contributed by atoms with E-state index in [1.807, 2.05) is 178 Å². The van der Waals surface area contributed by atoms with Crippen molar-refractivity contribution in [2.45, 2.75) is 40.5 Å². The van der Waals surface area contributed by atoms with E-state index < -0.39 is 0 Å². The minimum atomic E-state index is -0.318. The Kier molecular flexibility index (Phi) is 35.5. The van der Waals surface area contributed by atoms with Gasteiger partial charge in [0.25, 0.3) is 0 Å². The Balaban J connectivity index is 0.000000142. The zero-order valence-corrected chi connectivity index (χ0v) is 83.7. The number of anilines is 6. The summed E-state index contributed by atoms with van der Waals surface area (Å²) in [5.41, 5.74) is 21.4. The maximum atomic E-state index is 12.0. The van der Waals surface area contributed by atoms with Gasteiger partial charge in [-0.05, 0) is 205 Å². The Morgan fingerprint density at radius 3 is 0.801 bits per heavy atom. The highest BCUT2D eigenvalue weighted by Gasteiger charge is 2.18. The van der Waals surface area contributed by atoms with E-state index in [9.17, 15) is 28.8 Å². The van der Waals surface area contributed by atoms with Crippen LogP contribution in [0.15, 0.2) is 300 Å². The number of aromatic nitrogens is 12. The number of nitrogens with zero attached hydrogens (tertiary/aromatic N) is 8.